The summed E-state index contributed by atoms with van der Waals surface area (Å²) in [6.45, 7) is 4.09. The molecule has 174 valence electrons. The Morgan fingerprint density at radius 2 is 1.88 bits per heavy atom. The first kappa shape index (κ1) is 25.2. The molecule has 3 aromatic rings. The number of allylic oxidation sites excluding steroid dienone is 1. The van der Waals surface area contributed by atoms with Gasteiger partial charge in [0.2, 0.25) is 0 Å². The number of nitrogens with zero attached hydrogens (tertiary/aromatic N) is 3. The molecule has 3 rings (SSSR count). The lowest BCUT2D eigenvalue weighted by atomic mass is 9.81. The van der Waals surface area contributed by atoms with Crippen LogP contribution < -0.4 is 5.32 Å². The zero-order chi connectivity index (χ0) is 24.0. The minimum atomic E-state index is -1.45. The van der Waals surface area contributed by atoms with Gasteiger partial charge in [-0.15, -0.1) is 0 Å². The van der Waals surface area contributed by atoms with E-state index in [4.69, 9.17) is 34.8 Å². The van der Waals surface area contributed by atoms with Crippen LogP contribution in [0.5, 0.6) is 0 Å². The van der Waals surface area contributed by atoms with E-state index in [9.17, 15) is 9.90 Å². The molecular formula is C24H25Cl3N4O2. The maximum atomic E-state index is 13.0. The van der Waals surface area contributed by atoms with Gasteiger partial charge in [0.25, 0.3) is 5.91 Å². The van der Waals surface area contributed by atoms with Crippen LogP contribution in [0.4, 0.5) is 0 Å². The third-order valence-corrected chi connectivity index (χ3v) is 6.26. The highest BCUT2D eigenvalue weighted by Gasteiger charge is 2.38. The van der Waals surface area contributed by atoms with E-state index >= 15 is 0 Å². The van der Waals surface area contributed by atoms with Gasteiger partial charge in [-0.1, -0.05) is 72.9 Å². The highest BCUT2D eigenvalue weighted by atomic mass is 35.5. The smallest absolute Gasteiger partial charge is 0.251 e. The second-order valence-electron chi connectivity index (χ2n) is 7.79. The molecule has 0 aliphatic heterocycles. The molecule has 6 nitrogen and oxygen atoms in total. The number of carbonyl (C=O) groups is 1. The van der Waals surface area contributed by atoms with Crippen molar-refractivity contribution in [3.63, 3.8) is 0 Å². The number of carbonyl (C=O) groups excluding carboxylic acids is 1. The number of aromatic nitrogens is 3. The molecule has 1 heterocycles. The van der Waals surface area contributed by atoms with Gasteiger partial charge in [0.1, 0.15) is 18.3 Å². The number of hydrogen-bond donors (Lipinski definition) is 2. The molecule has 0 spiro atoms. The van der Waals surface area contributed by atoms with Crippen LogP contribution >= 0.6 is 34.8 Å². The maximum Gasteiger partial charge on any atom is 0.251 e. The SMILES string of the molecule is CC/C=C(/C(=O)NC[C@@H](C)[C@@](O)(Cn1cncn1)c1ccc(Cl)cc1Cl)c1ccc(Cl)cc1. The van der Waals surface area contributed by atoms with Gasteiger partial charge in [0.05, 0.1) is 6.54 Å². The second-order valence-corrected chi connectivity index (χ2v) is 9.07. The van der Waals surface area contributed by atoms with Crippen molar-refractivity contribution in [3.05, 3.63) is 87.4 Å². The minimum Gasteiger partial charge on any atom is -0.383 e. The van der Waals surface area contributed by atoms with Crippen LogP contribution in [0, 0.1) is 5.92 Å². The number of rotatable bonds is 9. The fourth-order valence-corrected chi connectivity index (χ4v) is 4.29. The van der Waals surface area contributed by atoms with Crippen molar-refractivity contribution < 1.29 is 9.90 Å². The van der Waals surface area contributed by atoms with Gasteiger partial charge in [-0.3, -0.25) is 4.79 Å². The van der Waals surface area contributed by atoms with Crippen molar-refractivity contribution in [1.29, 1.82) is 0 Å². The molecule has 0 bridgehead atoms. The Balaban J connectivity index is 1.84. The Kier molecular flexibility index (Phi) is 8.54. The Bertz CT molecular complexity index is 1120. The molecule has 2 aromatic carbocycles. The van der Waals surface area contributed by atoms with E-state index in [2.05, 4.69) is 15.4 Å². The van der Waals surface area contributed by atoms with Crippen LogP contribution in [0.25, 0.3) is 5.57 Å². The first-order valence-electron chi connectivity index (χ1n) is 10.5. The molecule has 9 heteroatoms. The van der Waals surface area contributed by atoms with Gasteiger partial charge in [-0.2, -0.15) is 5.10 Å². The quantitative estimate of drug-likeness (QED) is 0.382. The predicted molar refractivity (Wildman–Crippen MR) is 132 cm³/mol. The largest absolute Gasteiger partial charge is 0.383 e. The normalized spacial score (nSPS) is 14.5. The fourth-order valence-electron chi connectivity index (χ4n) is 3.59. The van der Waals surface area contributed by atoms with Crippen molar-refractivity contribution in [2.24, 2.45) is 5.92 Å². The Morgan fingerprint density at radius 3 is 2.48 bits per heavy atom. The van der Waals surface area contributed by atoms with E-state index in [1.807, 2.05) is 19.9 Å². The number of benzene rings is 2. The van der Waals surface area contributed by atoms with E-state index < -0.39 is 11.5 Å². The molecule has 0 radical (unpaired) electrons. The maximum absolute atomic E-state index is 13.0. The summed E-state index contributed by atoms with van der Waals surface area (Å²) in [5.74, 6) is -0.672. The molecule has 0 saturated carbocycles. The molecule has 0 saturated heterocycles. The summed E-state index contributed by atoms with van der Waals surface area (Å²) in [5, 5.41) is 20.3. The third-order valence-electron chi connectivity index (χ3n) is 5.46. The van der Waals surface area contributed by atoms with E-state index in [0.717, 1.165) is 5.56 Å². The number of nitrogens with one attached hydrogen (secondary N) is 1. The van der Waals surface area contributed by atoms with E-state index in [1.165, 1.54) is 17.3 Å². The molecule has 0 aliphatic carbocycles. The number of amides is 1. The van der Waals surface area contributed by atoms with E-state index in [1.54, 1.807) is 42.5 Å². The minimum absolute atomic E-state index is 0.0975. The van der Waals surface area contributed by atoms with Gasteiger partial charge >= 0.3 is 0 Å². The summed E-state index contributed by atoms with van der Waals surface area (Å²) in [6.07, 6.45) is 5.46. The molecule has 1 aromatic heterocycles. The Morgan fingerprint density at radius 1 is 1.18 bits per heavy atom. The molecule has 33 heavy (non-hydrogen) atoms. The monoisotopic (exact) mass is 506 g/mol. The van der Waals surface area contributed by atoms with Crippen molar-refractivity contribution in [3.8, 4) is 0 Å². The van der Waals surface area contributed by atoms with Gasteiger partial charge in [-0.05, 0) is 36.2 Å². The van der Waals surface area contributed by atoms with Crippen molar-refractivity contribution in [2.75, 3.05) is 6.54 Å². The van der Waals surface area contributed by atoms with Crippen molar-refractivity contribution in [2.45, 2.75) is 32.4 Å². The summed E-state index contributed by atoms with van der Waals surface area (Å²) >= 11 is 18.5. The Labute approximate surface area is 208 Å². The standard InChI is InChI=1S/C24H25Cl3N4O2/c1-3-4-20(17-5-7-18(25)8-6-17)23(32)29-12-16(2)24(33,13-31-15-28-14-30-31)21-10-9-19(26)11-22(21)27/h4-11,14-16,33H,3,12-13H2,1-2H3,(H,29,32)/b20-4+/t16-,24+/m1/s1. The molecule has 0 aliphatic rings. The van der Waals surface area contributed by atoms with Gasteiger partial charge in [-0.25, -0.2) is 9.67 Å². The molecular weight excluding hydrogens is 483 g/mol. The first-order valence-corrected chi connectivity index (χ1v) is 11.6. The van der Waals surface area contributed by atoms with Gasteiger partial charge in [0.15, 0.2) is 0 Å². The van der Waals surface area contributed by atoms with Gasteiger partial charge < -0.3 is 10.4 Å². The Hall–Kier alpha value is -2.38. The van der Waals surface area contributed by atoms with Crippen molar-refractivity contribution >= 4 is 46.3 Å². The molecule has 1 amide bonds. The van der Waals surface area contributed by atoms with E-state index in [-0.39, 0.29) is 19.0 Å². The number of halogens is 3. The topological polar surface area (TPSA) is 80.0 Å². The lowest BCUT2D eigenvalue weighted by Crippen LogP contribution is -2.44. The average Bonchev–Trinajstić information content (AvgIpc) is 3.29. The average molecular weight is 508 g/mol. The zero-order valence-corrected chi connectivity index (χ0v) is 20.6. The summed E-state index contributed by atoms with van der Waals surface area (Å²) in [5.41, 5.74) is 0.362. The summed E-state index contributed by atoms with van der Waals surface area (Å²) in [4.78, 5) is 17.0. The van der Waals surface area contributed by atoms with Crippen LogP contribution in [0.1, 0.15) is 31.4 Å². The fraction of sp³-hybridized carbons (Fsp3) is 0.292. The molecule has 2 N–H and O–H groups in total. The number of aliphatic hydroxyl groups is 1. The third kappa shape index (κ3) is 6.15. The lowest BCUT2D eigenvalue weighted by Gasteiger charge is -2.35. The molecule has 0 fully saturated rings. The predicted octanol–water partition coefficient (Wildman–Crippen LogP) is 5.37. The second kappa shape index (κ2) is 11.2. The zero-order valence-electron chi connectivity index (χ0n) is 18.3. The van der Waals surface area contributed by atoms with Crippen LogP contribution in [0.15, 0.2) is 61.2 Å². The molecule has 0 unspecified atom stereocenters. The van der Waals surface area contributed by atoms with Crippen LogP contribution in [-0.2, 0) is 16.9 Å². The summed E-state index contributed by atoms with van der Waals surface area (Å²) in [7, 11) is 0. The summed E-state index contributed by atoms with van der Waals surface area (Å²) < 4.78 is 1.53. The van der Waals surface area contributed by atoms with Crippen LogP contribution in [-0.4, -0.2) is 32.3 Å². The highest BCUT2D eigenvalue weighted by Crippen LogP contribution is 2.37. The van der Waals surface area contributed by atoms with Gasteiger partial charge in [0, 0.05) is 38.7 Å². The molecule has 2 atom stereocenters. The number of hydrogen-bond acceptors (Lipinski definition) is 4. The van der Waals surface area contributed by atoms with Crippen LogP contribution in [0.2, 0.25) is 15.1 Å². The van der Waals surface area contributed by atoms with E-state index in [0.29, 0.717) is 32.6 Å². The van der Waals surface area contributed by atoms with Crippen LogP contribution in [0.3, 0.4) is 0 Å². The lowest BCUT2D eigenvalue weighted by molar-refractivity contribution is -0.116. The van der Waals surface area contributed by atoms with Crippen molar-refractivity contribution in [1.82, 2.24) is 20.1 Å². The first-order chi connectivity index (χ1) is 15.7. The summed E-state index contributed by atoms with van der Waals surface area (Å²) in [6, 6.07) is 12.0. The highest BCUT2D eigenvalue weighted by molar-refractivity contribution is 6.35.